The molecule has 4 aromatic rings. The summed E-state index contributed by atoms with van der Waals surface area (Å²) in [6.45, 7) is 2.02. The molecule has 0 atom stereocenters. The number of H-pyrrole nitrogens is 1. The first-order valence-electron chi connectivity index (χ1n) is 6.82. The molecule has 2 aromatic heterocycles. The fourth-order valence-corrected chi connectivity index (χ4v) is 2.95. The highest BCUT2D eigenvalue weighted by Gasteiger charge is 2.13. The molecule has 0 aliphatic rings. The van der Waals surface area contributed by atoms with Crippen LogP contribution < -0.4 is 5.32 Å². The van der Waals surface area contributed by atoms with Crippen LogP contribution in [0.15, 0.2) is 47.5 Å². The van der Waals surface area contributed by atoms with Crippen molar-refractivity contribution in [2.45, 2.75) is 6.92 Å². The van der Waals surface area contributed by atoms with Crippen LogP contribution in [0.25, 0.3) is 21.9 Å². The lowest BCUT2D eigenvalue weighted by Crippen LogP contribution is -1.97. The lowest BCUT2D eigenvalue weighted by atomic mass is 10.1. The van der Waals surface area contributed by atoms with E-state index in [4.69, 9.17) is 0 Å². The summed E-state index contributed by atoms with van der Waals surface area (Å²) in [5.74, 6) is 0. The second kappa shape index (κ2) is 5.06. The number of benzene rings is 2. The zero-order valence-electron chi connectivity index (χ0n) is 11.8. The molecule has 22 heavy (non-hydrogen) atoms. The minimum atomic E-state index is 0.825. The van der Waals surface area contributed by atoms with E-state index in [0.29, 0.717) is 0 Å². The second-order valence-electron chi connectivity index (χ2n) is 5.05. The van der Waals surface area contributed by atoms with Gasteiger partial charge in [-0.15, -0.1) is 0 Å². The maximum Gasteiger partial charge on any atom is 0.117 e. The van der Waals surface area contributed by atoms with E-state index in [1.807, 2.05) is 37.3 Å². The maximum absolute atomic E-state index is 4.49. The molecule has 2 heterocycles. The Balaban J connectivity index is 2.00. The number of fused-ring (bicyclic) bond motifs is 2. The summed E-state index contributed by atoms with van der Waals surface area (Å²) in [4.78, 5) is 16.3. The average molecular weight is 354 g/mol. The molecule has 0 saturated heterocycles. The van der Waals surface area contributed by atoms with Gasteiger partial charge in [-0.05, 0) is 31.2 Å². The fourth-order valence-electron chi connectivity index (χ4n) is 2.55. The highest BCUT2D eigenvalue weighted by Crippen LogP contribution is 2.33. The number of anilines is 2. The Bertz CT molecular complexity index is 992. The SMILES string of the molecule is Cc1[nH]cnc2c(Nc3cccc(Br)c3)c3ncnc3cc12. The Kier molecular flexibility index (Phi) is 3.04. The topological polar surface area (TPSA) is 66.5 Å². The third-order valence-corrected chi connectivity index (χ3v) is 4.10. The molecule has 0 unspecified atom stereocenters. The van der Waals surface area contributed by atoms with Gasteiger partial charge in [0.25, 0.3) is 0 Å². The molecule has 0 amide bonds. The van der Waals surface area contributed by atoms with Crippen LogP contribution in [0.5, 0.6) is 0 Å². The molecule has 0 spiro atoms. The van der Waals surface area contributed by atoms with Crippen LogP contribution in [-0.2, 0) is 0 Å². The minimum Gasteiger partial charge on any atom is -0.352 e. The summed E-state index contributed by atoms with van der Waals surface area (Å²) in [7, 11) is 0. The van der Waals surface area contributed by atoms with Crippen LogP contribution >= 0.6 is 15.9 Å². The van der Waals surface area contributed by atoms with Gasteiger partial charge in [-0.25, -0.2) is 15.0 Å². The standard InChI is InChI=1S/C16H12BrN5/c1-9-12-6-13-15(21-8-19-13)16(14(12)20-7-18-9)22-11-4-2-3-10(17)5-11/h2-8,22H,1H3,(H,18,20). The first kappa shape index (κ1) is 13.2. The van der Waals surface area contributed by atoms with E-state index in [1.54, 1.807) is 12.7 Å². The van der Waals surface area contributed by atoms with Crippen LogP contribution in [0.3, 0.4) is 0 Å². The van der Waals surface area contributed by atoms with Gasteiger partial charge in [-0.1, -0.05) is 22.0 Å². The summed E-state index contributed by atoms with van der Waals surface area (Å²) in [5, 5.41) is 4.47. The summed E-state index contributed by atoms with van der Waals surface area (Å²) in [6.07, 6.45) is 3.28. The lowest BCUT2D eigenvalue weighted by molar-refractivity contribution is 1.15. The maximum atomic E-state index is 4.49. The molecular formula is C16H12BrN5. The molecule has 5 nitrogen and oxygen atoms in total. The van der Waals surface area contributed by atoms with E-state index in [0.717, 1.165) is 43.5 Å². The highest BCUT2D eigenvalue weighted by atomic mass is 79.9. The number of imidazole rings is 1. The third kappa shape index (κ3) is 2.12. The zero-order valence-corrected chi connectivity index (χ0v) is 13.3. The zero-order chi connectivity index (χ0) is 15.1. The Hall–Kier alpha value is -2.47. The van der Waals surface area contributed by atoms with Crippen molar-refractivity contribution in [2.24, 2.45) is 0 Å². The van der Waals surface area contributed by atoms with Gasteiger partial charge >= 0.3 is 0 Å². The van der Waals surface area contributed by atoms with Gasteiger partial charge in [0.15, 0.2) is 0 Å². The number of nitrogens with one attached hydrogen (secondary N) is 2. The van der Waals surface area contributed by atoms with Gasteiger partial charge in [0.2, 0.25) is 0 Å². The van der Waals surface area contributed by atoms with Crippen LogP contribution in [-0.4, -0.2) is 19.9 Å². The quantitative estimate of drug-likeness (QED) is 0.563. The van der Waals surface area contributed by atoms with Crippen molar-refractivity contribution < 1.29 is 0 Å². The summed E-state index contributed by atoms with van der Waals surface area (Å²) in [6, 6.07) is 10.0. The largest absolute Gasteiger partial charge is 0.352 e. The smallest absolute Gasteiger partial charge is 0.117 e. The van der Waals surface area contributed by atoms with Crippen molar-refractivity contribution in [2.75, 3.05) is 5.32 Å². The molecule has 2 N–H and O–H groups in total. The van der Waals surface area contributed by atoms with Gasteiger partial charge < -0.3 is 10.3 Å². The normalized spacial score (nSPS) is 11.2. The van der Waals surface area contributed by atoms with Gasteiger partial charge in [0, 0.05) is 21.2 Å². The predicted molar refractivity (Wildman–Crippen MR) is 91.4 cm³/mol. The van der Waals surface area contributed by atoms with Crippen molar-refractivity contribution in [3.05, 3.63) is 53.2 Å². The van der Waals surface area contributed by atoms with Gasteiger partial charge in [0.1, 0.15) is 11.8 Å². The molecule has 0 fully saturated rings. The van der Waals surface area contributed by atoms with Crippen molar-refractivity contribution >= 4 is 49.2 Å². The Morgan fingerprint density at radius 2 is 2.00 bits per heavy atom. The van der Waals surface area contributed by atoms with Crippen LogP contribution in [0, 0.1) is 6.92 Å². The Morgan fingerprint density at radius 3 is 2.86 bits per heavy atom. The number of rotatable bonds is 2. The van der Waals surface area contributed by atoms with Crippen molar-refractivity contribution in [1.29, 1.82) is 0 Å². The van der Waals surface area contributed by atoms with Gasteiger partial charge in [0.05, 0.1) is 23.0 Å². The van der Waals surface area contributed by atoms with Crippen LogP contribution in [0.1, 0.15) is 5.69 Å². The molecule has 4 rings (SSSR count). The predicted octanol–water partition coefficient (Wildman–Crippen LogP) is 4.32. The fraction of sp³-hybridized carbons (Fsp3) is 0.0625. The molecular weight excluding hydrogens is 342 g/mol. The molecule has 0 aliphatic heterocycles. The van der Waals surface area contributed by atoms with E-state index < -0.39 is 0 Å². The van der Waals surface area contributed by atoms with E-state index in [-0.39, 0.29) is 0 Å². The molecule has 0 bridgehead atoms. The molecule has 2 aromatic carbocycles. The first-order valence-corrected chi connectivity index (χ1v) is 7.61. The second-order valence-corrected chi connectivity index (χ2v) is 5.97. The number of hydrogen-bond acceptors (Lipinski definition) is 4. The van der Waals surface area contributed by atoms with Crippen molar-refractivity contribution in [1.82, 2.24) is 19.9 Å². The molecule has 0 aliphatic carbocycles. The van der Waals surface area contributed by atoms with Crippen molar-refractivity contribution in [3.63, 3.8) is 0 Å². The number of hydrogen-bond donors (Lipinski definition) is 2. The lowest BCUT2D eigenvalue weighted by Gasteiger charge is -2.11. The number of aromatic amines is 1. The third-order valence-electron chi connectivity index (χ3n) is 3.61. The van der Waals surface area contributed by atoms with Gasteiger partial charge in [-0.2, -0.15) is 0 Å². The van der Waals surface area contributed by atoms with E-state index in [1.165, 1.54) is 0 Å². The summed E-state index contributed by atoms with van der Waals surface area (Å²) >= 11 is 3.49. The monoisotopic (exact) mass is 353 g/mol. The van der Waals surface area contributed by atoms with E-state index in [2.05, 4.69) is 41.2 Å². The first-order chi connectivity index (χ1) is 10.7. The minimum absolute atomic E-state index is 0.825. The number of nitrogens with zero attached hydrogens (tertiary/aromatic N) is 3. The number of aryl methyl sites for hydroxylation is 1. The molecule has 0 radical (unpaired) electrons. The van der Waals surface area contributed by atoms with E-state index in [9.17, 15) is 0 Å². The van der Waals surface area contributed by atoms with Crippen LogP contribution in [0.2, 0.25) is 0 Å². The van der Waals surface area contributed by atoms with Crippen LogP contribution in [0.4, 0.5) is 11.4 Å². The highest BCUT2D eigenvalue weighted by molar-refractivity contribution is 9.10. The molecule has 108 valence electrons. The average Bonchev–Trinajstić information content (AvgIpc) is 2.96. The number of aromatic nitrogens is 4. The molecule has 6 heteroatoms. The Morgan fingerprint density at radius 1 is 1.09 bits per heavy atom. The Labute approximate surface area is 135 Å². The van der Waals surface area contributed by atoms with Gasteiger partial charge in [-0.3, -0.25) is 0 Å². The summed E-state index contributed by atoms with van der Waals surface area (Å²) in [5.41, 5.74) is 5.45. The van der Waals surface area contributed by atoms with E-state index >= 15 is 0 Å². The molecule has 0 saturated carbocycles. The summed E-state index contributed by atoms with van der Waals surface area (Å²) < 4.78 is 1.01. The number of halogens is 1. The van der Waals surface area contributed by atoms with Crippen molar-refractivity contribution in [3.8, 4) is 0 Å².